The van der Waals surface area contributed by atoms with Gasteiger partial charge in [-0.15, -0.1) is 11.6 Å². The monoisotopic (exact) mass is 259 g/mol. The number of halogens is 3. The predicted octanol–water partition coefficient (Wildman–Crippen LogP) is 3.46. The van der Waals surface area contributed by atoms with Crippen molar-refractivity contribution < 1.29 is 8.78 Å². The van der Waals surface area contributed by atoms with E-state index in [1.54, 1.807) is 0 Å². The molecule has 1 fully saturated rings. The summed E-state index contributed by atoms with van der Waals surface area (Å²) in [6.07, 6.45) is 3.27. The lowest BCUT2D eigenvalue weighted by atomic mass is 10.1. The summed E-state index contributed by atoms with van der Waals surface area (Å²) in [6, 6.07) is 4.24. The molecule has 1 aromatic carbocycles. The molecule has 1 aromatic rings. The Morgan fingerprint density at radius 1 is 1.24 bits per heavy atom. The first-order chi connectivity index (χ1) is 8.22. The van der Waals surface area contributed by atoms with Gasteiger partial charge in [0.05, 0.1) is 0 Å². The normalized spacial score (nSPS) is 24.2. The van der Waals surface area contributed by atoms with Crippen molar-refractivity contribution in [1.82, 2.24) is 5.32 Å². The van der Waals surface area contributed by atoms with E-state index >= 15 is 0 Å². The third kappa shape index (κ3) is 2.96. The van der Waals surface area contributed by atoms with E-state index in [0.717, 1.165) is 19.3 Å². The van der Waals surface area contributed by atoms with Gasteiger partial charge in [0.25, 0.3) is 0 Å². The fraction of sp³-hybridized carbons (Fsp3) is 0.538. The maximum Gasteiger partial charge on any atom is 0.130 e. The van der Waals surface area contributed by atoms with Crippen LogP contribution in [0.5, 0.6) is 0 Å². The minimum absolute atomic E-state index is 0.118. The van der Waals surface area contributed by atoms with Crippen LogP contribution in [-0.4, -0.2) is 11.9 Å². The average molecular weight is 260 g/mol. The van der Waals surface area contributed by atoms with Crippen LogP contribution in [0.3, 0.4) is 0 Å². The van der Waals surface area contributed by atoms with Gasteiger partial charge in [0.15, 0.2) is 0 Å². The van der Waals surface area contributed by atoms with Gasteiger partial charge in [-0.3, -0.25) is 0 Å². The van der Waals surface area contributed by atoms with Crippen molar-refractivity contribution in [1.29, 1.82) is 0 Å². The summed E-state index contributed by atoms with van der Waals surface area (Å²) in [4.78, 5) is 0. The molecule has 2 unspecified atom stereocenters. The Balaban J connectivity index is 1.98. The van der Waals surface area contributed by atoms with Crippen molar-refractivity contribution in [3.05, 3.63) is 35.4 Å². The Bertz CT molecular complexity index is 363. The van der Waals surface area contributed by atoms with E-state index in [1.165, 1.54) is 18.2 Å². The number of rotatable bonds is 4. The van der Waals surface area contributed by atoms with E-state index in [2.05, 4.69) is 5.32 Å². The molecule has 1 nitrogen and oxygen atoms in total. The van der Waals surface area contributed by atoms with Gasteiger partial charge in [0.1, 0.15) is 11.6 Å². The van der Waals surface area contributed by atoms with Crippen LogP contribution < -0.4 is 5.32 Å². The van der Waals surface area contributed by atoms with Gasteiger partial charge >= 0.3 is 0 Å². The van der Waals surface area contributed by atoms with Gasteiger partial charge in [-0.1, -0.05) is 12.5 Å². The largest absolute Gasteiger partial charge is 0.309 e. The molecule has 0 heterocycles. The molecule has 0 bridgehead atoms. The Morgan fingerprint density at radius 3 is 2.59 bits per heavy atom. The molecule has 1 aliphatic carbocycles. The van der Waals surface area contributed by atoms with Crippen molar-refractivity contribution >= 4 is 11.6 Å². The maximum atomic E-state index is 13.4. The highest BCUT2D eigenvalue weighted by molar-refractivity contribution is 6.18. The average Bonchev–Trinajstić information content (AvgIpc) is 2.76. The van der Waals surface area contributed by atoms with Gasteiger partial charge in [0, 0.05) is 24.0 Å². The summed E-state index contributed by atoms with van der Waals surface area (Å²) < 4.78 is 26.8. The van der Waals surface area contributed by atoms with Crippen molar-refractivity contribution in [2.75, 3.05) is 5.88 Å². The topological polar surface area (TPSA) is 12.0 Å². The second-order valence-corrected chi connectivity index (χ2v) is 4.84. The quantitative estimate of drug-likeness (QED) is 0.817. The van der Waals surface area contributed by atoms with E-state index in [0.29, 0.717) is 11.8 Å². The van der Waals surface area contributed by atoms with Crippen LogP contribution in [0, 0.1) is 17.6 Å². The van der Waals surface area contributed by atoms with Gasteiger partial charge in [-0.05, 0) is 30.9 Å². The van der Waals surface area contributed by atoms with Gasteiger partial charge < -0.3 is 5.32 Å². The lowest BCUT2D eigenvalue weighted by molar-refractivity contribution is 0.418. The van der Waals surface area contributed by atoms with Crippen LogP contribution in [0.15, 0.2) is 18.2 Å². The molecule has 0 aliphatic heterocycles. The van der Waals surface area contributed by atoms with Crippen molar-refractivity contribution in [2.24, 2.45) is 5.92 Å². The SMILES string of the molecule is Fc1cccc(F)c1CNC1CCCC1CCl. The molecule has 1 saturated carbocycles. The molecule has 0 spiro atoms. The standard InChI is InChI=1S/C13H16ClF2N/c14-7-9-3-1-6-13(9)17-8-10-11(15)4-2-5-12(10)16/h2,4-5,9,13,17H,1,3,6-8H2. The van der Waals surface area contributed by atoms with Crippen LogP contribution in [0.1, 0.15) is 24.8 Å². The number of benzene rings is 1. The van der Waals surface area contributed by atoms with Crippen LogP contribution in [0.4, 0.5) is 8.78 Å². The molecule has 17 heavy (non-hydrogen) atoms. The molecule has 0 radical (unpaired) electrons. The van der Waals surface area contributed by atoms with E-state index < -0.39 is 11.6 Å². The molecular formula is C13H16ClF2N. The highest BCUT2D eigenvalue weighted by atomic mass is 35.5. The zero-order valence-corrected chi connectivity index (χ0v) is 10.3. The second-order valence-electron chi connectivity index (χ2n) is 4.53. The summed E-state index contributed by atoms with van der Waals surface area (Å²) in [5.41, 5.74) is 0.118. The van der Waals surface area contributed by atoms with Crippen LogP contribution >= 0.6 is 11.6 Å². The number of alkyl halides is 1. The van der Waals surface area contributed by atoms with E-state index in [4.69, 9.17) is 11.6 Å². The maximum absolute atomic E-state index is 13.4. The van der Waals surface area contributed by atoms with E-state index in [9.17, 15) is 8.78 Å². The molecule has 0 saturated heterocycles. The van der Waals surface area contributed by atoms with E-state index in [1.807, 2.05) is 0 Å². The second kappa shape index (κ2) is 5.78. The number of hydrogen-bond acceptors (Lipinski definition) is 1. The minimum Gasteiger partial charge on any atom is -0.309 e. The molecule has 94 valence electrons. The molecule has 2 atom stereocenters. The summed E-state index contributed by atoms with van der Waals surface area (Å²) in [7, 11) is 0. The Kier molecular flexibility index (Phi) is 4.35. The van der Waals surface area contributed by atoms with Crippen molar-refractivity contribution in [2.45, 2.75) is 31.8 Å². The molecule has 4 heteroatoms. The van der Waals surface area contributed by atoms with Crippen LogP contribution in [0.25, 0.3) is 0 Å². The molecule has 0 amide bonds. The first-order valence-corrected chi connectivity index (χ1v) is 6.48. The Morgan fingerprint density at radius 2 is 1.94 bits per heavy atom. The number of hydrogen-bond donors (Lipinski definition) is 1. The van der Waals surface area contributed by atoms with Gasteiger partial charge in [-0.2, -0.15) is 0 Å². The van der Waals surface area contributed by atoms with Gasteiger partial charge in [0.2, 0.25) is 0 Å². The summed E-state index contributed by atoms with van der Waals surface area (Å²) in [6.45, 7) is 0.233. The fourth-order valence-corrected chi connectivity index (χ4v) is 2.79. The summed E-state index contributed by atoms with van der Waals surface area (Å²) in [5.74, 6) is 0.0552. The lowest BCUT2D eigenvalue weighted by Gasteiger charge is -2.19. The lowest BCUT2D eigenvalue weighted by Crippen LogP contribution is -2.33. The zero-order chi connectivity index (χ0) is 12.3. The van der Waals surface area contributed by atoms with Gasteiger partial charge in [-0.25, -0.2) is 8.78 Å². The highest BCUT2D eigenvalue weighted by Crippen LogP contribution is 2.27. The third-order valence-electron chi connectivity index (χ3n) is 3.46. The fourth-order valence-electron chi connectivity index (χ4n) is 2.42. The molecule has 2 rings (SSSR count). The Labute approximate surface area is 105 Å². The summed E-state index contributed by atoms with van der Waals surface area (Å²) in [5, 5.41) is 3.22. The minimum atomic E-state index is -0.488. The molecule has 0 aromatic heterocycles. The molecule has 1 N–H and O–H groups in total. The van der Waals surface area contributed by atoms with Crippen molar-refractivity contribution in [3.63, 3.8) is 0 Å². The van der Waals surface area contributed by atoms with Crippen LogP contribution in [-0.2, 0) is 6.54 Å². The third-order valence-corrected chi connectivity index (χ3v) is 3.86. The molecule has 1 aliphatic rings. The highest BCUT2D eigenvalue weighted by Gasteiger charge is 2.26. The summed E-state index contributed by atoms with van der Waals surface area (Å²) >= 11 is 5.86. The van der Waals surface area contributed by atoms with E-state index in [-0.39, 0.29) is 18.2 Å². The number of nitrogens with one attached hydrogen (secondary N) is 1. The first-order valence-electron chi connectivity index (χ1n) is 5.94. The van der Waals surface area contributed by atoms with Crippen LogP contribution in [0.2, 0.25) is 0 Å². The molecular weight excluding hydrogens is 244 g/mol. The smallest absolute Gasteiger partial charge is 0.130 e. The predicted molar refractivity (Wildman–Crippen MR) is 65.0 cm³/mol. The zero-order valence-electron chi connectivity index (χ0n) is 9.56. The Hall–Kier alpha value is -0.670. The first kappa shape index (κ1) is 12.8. The van der Waals surface area contributed by atoms with Crippen molar-refractivity contribution in [3.8, 4) is 0 Å².